The van der Waals surface area contributed by atoms with Gasteiger partial charge >= 0.3 is 6.18 Å². The van der Waals surface area contributed by atoms with Crippen molar-refractivity contribution in [3.05, 3.63) is 64.2 Å². The van der Waals surface area contributed by atoms with E-state index < -0.39 is 37.4 Å². The summed E-state index contributed by atoms with van der Waals surface area (Å²) in [6, 6.07) is 10.1. The van der Waals surface area contributed by atoms with Gasteiger partial charge in [0.1, 0.15) is 11.7 Å². The van der Waals surface area contributed by atoms with Gasteiger partial charge < -0.3 is 15.5 Å². The number of hydrogen-bond acceptors (Lipinski definition) is 6. The number of likely N-dealkylation sites (N-methyl/N-ethyl adjacent to an activating group) is 1. The maximum absolute atomic E-state index is 12.7. The number of alkyl halides is 3. The molecule has 0 bridgehead atoms. The van der Waals surface area contributed by atoms with Crippen molar-refractivity contribution in [2.75, 3.05) is 39.1 Å². The average Bonchev–Trinajstić information content (AvgIpc) is 3.34. The first-order chi connectivity index (χ1) is 16.5. The van der Waals surface area contributed by atoms with Crippen LogP contribution in [-0.4, -0.2) is 64.2 Å². The largest absolute Gasteiger partial charge is 0.416 e. The summed E-state index contributed by atoms with van der Waals surface area (Å²) in [5.74, 6) is 0.171. The fraction of sp³-hybridized carbons (Fsp3) is 0.391. The normalized spacial score (nSPS) is 13.9. The number of aliphatic imine (C=N–C) groups is 1. The third-order valence-corrected chi connectivity index (χ3v) is 7.50. The van der Waals surface area contributed by atoms with Gasteiger partial charge in [0.25, 0.3) is 0 Å². The number of carbonyl (C=O) groups is 1. The predicted octanol–water partition coefficient (Wildman–Crippen LogP) is 3.12. The van der Waals surface area contributed by atoms with Crippen LogP contribution >= 0.6 is 11.6 Å². The fourth-order valence-electron chi connectivity index (χ4n) is 3.44. The molecule has 2 aromatic carbocycles. The molecule has 0 aromatic heterocycles. The van der Waals surface area contributed by atoms with E-state index in [4.69, 9.17) is 11.6 Å². The zero-order valence-corrected chi connectivity index (χ0v) is 20.6. The van der Waals surface area contributed by atoms with E-state index in [2.05, 4.69) is 15.6 Å². The highest BCUT2D eigenvalue weighted by molar-refractivity contribution is 7.91. The van der Waals surface area contributed by atoms with Crippen molar-refractivity contribution in [2.45, 2.75) is 23.9 Å². The Morgan fingerprint density at radius 3 is 2.51 bits per heavy atom. The Morgan fingerprint density at radius 2 is 1.91 bits per heavy atom. The molecule has 0 unspecified atom stereocenters. The van der Waals surface area contributed by atoms with Gasteiger partial charge in [0.15, 0.2) is 9.84 Å². The monoisotopic (exact) mass is 530 g/mol. The summed E-state index contributed by atoms with van der Waals surface area (Å²) in [5.41, 5.74) is 1.07. The maximum atomic E-state index is 12.7. The Labute approximate surface area is 207 Å². The third kappa shape index (κ3) is 7.42. The van der Waals surface area contributed by atoms with Gasteiger partial charge in [-0.2, -0.15) is 13.2 Å². The van der Waals surface area contributed by atoms with E-state index >= 15 is 0 Å². The zero-order chi connectivity index (χ0) is 25.6. The van der Waals surface area contributed by atoms with Crippen LogP contribution in [0.4, 0.5) is 13.2 Å². The third-order valence-electron chi connectivity index (χ3n) is 5.47. The minimum atomic E-state index is -4.62. The molecule has 1 heterocycles. The summed E-state index contributed by atoms with van der Waals surface area (Å²) in [5, 5.41) is 5.37. The van der Waals surface area contributed by atoms with Crippen LogP contribution in [0.1, 0.15) is 23.1 Å². The van der Waals surface area contributed by atoms with Crippen LogP contribution in [0.25, 0.3) is 0 Å². The van der Waals surface area contributed by atoms with Crippen LogP contribution < -0.4 is 10.6 Å². The van der Waals surface area contributed by atoms with E-state index in [0.717, 1.165) is 36.1 Å². The van der Waals surface area contributed by atoms with Crippen molar-refractivity contribution in [2.24, 2.45) is 4.99 Å². The molecule has 0 saturated heterocycles. The number of nitrogens with zero attached hydrogens (tertiary/aromatic N) is 2. The number of carbonyl (C=O) groups excluding carboxylic acids is 1. The zero-order valence-electron chi connectivity index (χ0n) is 19.0. The van der Waals surface area contributed by atoms with Crippen LogP contribution in [0, 0.1) is 0 Å². The molecule has 0 atom stereocenters. The van der Waals surface area contributed by atoms with Gasteiger partial charge in [-0.3, -0.25) is 9.79 Å². The quantitative estimate of drug-likeness (QED) is 0.461. The molecule has 0 saturated carbocycles. The average molecular weight is 531 g/mol. The molecule has 35 heavy (non-hydrogen) atoms. The number of sulfone groups is 1. The first kappa shape index (κ1) is 27.0. The Hall–Kier alpha value is -2.63. The second-order valence-corrected chi connectivity index (χ2v) is 10.4. The Kier molecular flexibility index (Phi) is 8.79. The first-order valence-electron chi connectivity index (χ1n) is 10.9. The standard InChI is InChI=1S/C23H26ClF3N4O3S/c1-31(13-9-16-2-4-17(5-3-16)22-29-11-12-30-22)21(32)8-10-28-15-35(33,34)20-7-6-18(14-19(20)24)23(25,26)27/h2-7,14,28H,8-13,15H2,1H3,(H,29,30). The minimum Gasteiger partial charge on any atom is -0.368 e. The number of nitrogens with one attached hydrogen (secondary N) is 2. The number of halogens is 4. The van der Waals surface area contributed by atoms with E-state index in [1.807, 2.05) is 24.3 Å². The fourth-order valence-corrected chi connectivity index (χ4v) is 5.18. The van der Waals surface area contributed by atoms with E-state index in [1.165, 1.54) is 0 Å². The lowest BCUT2D eigenvalue weighted by Crippen LogP contribution is -2.33. The summed E-state index contributed by atoms with van der Waals surface area (Å²) in [7, 11) is -2.30. The van der Waals surface area contributed by atoms with E-state index in [0.29, 0.717) is 25.1 Å². The van der Waals surface area contributed by atoms with Crippen molar-refractivity contribution in [3.63, 3.8) is 0 Å². The van der Waals surface area contributed by atoms with Gasteiger partial charge in [-0.05, 0) is 30.2 Å². The summed E-state index contributed by atoms with van der Waals surface area (Å²) in [6.45, 7) is 2.20. The first-order valence-corrected chi connectivity index (χ1v) is 12.9. The molecule has 1 aliphatic heterocycles. The van der Waals surface area contributed by atoms with Crippen LogP contribution in [0.15, 0.2) is 52.4 Å². The van der Waals surface area contributed by atoms with Gasteiger partial charge in [0.2, 0.25) is 5.91 Å². The molecule has 0 fully saturated rings. The molecule has 0 aliphatic carbocycles. The summed E-state index contributed by atoms with van der Waals surface area (Å²) in [4.78, 5) is 17.9. The van der Waals surface area contributed by atoms with Crippen LogP contribution in [-0.2, 0) is 27.2 Å². The van der Waals surface area contributed by atoms with Gasteiger partial charge in [-0.25, -0.2) is 8.42 Å². The highest BCUT2D eigenvalue weighted by Crippen LogP contribution is 2.33. The SMILES string of the molecule is CN(CCc1ccc(C2=NCCN2)cc1)C(=O)CCNCS(=O)(=O)c1ccc(C(F)(F)F)cc1Cl. The molecule has 1 aliphatic rings. The molecule has 12 heteroatoms. The van der Waals surface area contributed by atoms with E-state index in [-0.39, 0.29) is 18.9 Å². The molecular weight excluding hydrogens is 505 g/mol. The van der Waals surface area contributed by atoms with Gasteiger partial charge in [0, 0.05) is 38.7 Å². The van der Waals surface area contributed by atoms with Gasteiger partial charge in [-0.15, -0.1) is 0 Å². The molecule has 0 radical (unpaired) electrons. The summed E-state index contributed by atoms with van der Waals surface area (Å²) < 4.78 is 63.1. The molecular formula is C23H26ClF3N4O3S. The number of amidine groups is 1. The Morgan fingerprint density at radius 1 is 1.20 bits per heavy atom. The molecule has 0 spiro atoms. The number of benzene rings is 2. The van der Waals surface area contributed by atoms with Crippen LogP contribution in [0.5, 0.6) is 0 Å². The van der Waals surface area contributed by atoms with Gasteiger partial charge in [0.05, 0.1) is 22.0 Å². The predicted molar refractivity (Wildman–Crippen MR) is 128 cm³/mol. The van der Waals surface area contributed by atoms with Crippen molar-refractivity contribution in [1.29, 1.82) is 0 Å². The summed E-state index contributed by atoms with van der Waals surface area (Å²) in [6.07, 6.45) is -3.89. The molecule has 2 N–H and O–H groups in total. The molecule has 3 rings (SSSR count). The van der Waals surface area contributed by atoms with E-state index in [1.54, 1.807) is 11.9 Å². The van der Waals surface area contributed by atoms with Gasteiger partial charge in [-0.1, -0.05) is 35.9 Å². The van der Waals surface area contributed by atoms with Crippen molar-refractivity contribution in [3.8, 4) is 0 Å². The van der Waals surface area contributed by atoms with Crippen LogP contribution in [0.2, 0.25) is 5.02 Å². The lowest BCUT2D eigenvalue weighted by molar-refractivity contribution is -0.137. The Balaban J connectivity index is 1.42. The Bertz CT molecular complexity index is 1190. The van der Waals surface area contributed by atoms with Crippen molar-refractivity contribution >= 4 is 33.2 Å². The topological polar surface area (TPSA) is 90.9 Å². The van der Waals surface area contributed by atoms with Crippen LogP contribution in [0.3, 0.4) is 0 Å². The highest BCUT2D eigenvalue weighted by atomic mass is 35.5. The molecule has 1 amide bonds. The second-order valence-electron chi connectivity index (χ2n) is 8.07. The molecule has 2 aromatic rings. The van der Waals surface area contributed by atoms with E-state index in [9.17, 15) is 26.4 Å². The maximum Gasteiger partial charge on any atom is 0.416 e. The smallest absolute Gasteiger partial charge is 0.368 e. The highest BCUT2D eigenvalue weighted by Gasteiger charge is 2.32. The molecule has 190 valence electrons. The number of rotatable bonds is 10. The number of amides is 1. The second kappa shape index (κ2) is 11.4. The lowest BCUT2D eigenvalue weighted by atomic mass is 10.1. The number of hydrogen-bond donors (Lipinski definition) is 2. The molecule has 7 nitrogen and oxygen atoms in total. The summed E-state index contributed by atoms with van der Waals surface area (Å²) >= 11 is 5.77. The minimum absolute atomic E-state index is 0.0667. The lowest BCUT2D eigenvalue weighted by Gasteiger charge is -2.17. The van der Waals surface area contributed by atoms with Crippen molar-refractivity contribution < 1.29 is 26.4 Å². The van der Waals surface area contributed by atoms with Crippen molar-refractivity contribution in [1.82, 2.24) is 15.5 Å².